The Morgan fingerprint density at radius 1 is 1.44 bits per heavy atom. The molecule has 1 nitrogen and oxygen atoms in total. The van der Waals surface area contributed by atoms with Crippen molar-refractivity contribution in [1.82, 2.24) is 4.67 Å². The summed E-state index contributed by atoms with van der Waals surface area (Å²) < 4.78 is 2.34. The normalized spacial score (nSPS) is 24.7. The van der Waals surface area contributed by atoms with Crippen LogP contribution in [0.25, 0.3) is 0 Å². The molecule has 1 unspecified atom stereocenters. The van der Waals surface area contributed by atoms with Crippen LogP contribution in [0.5, 0.6) is 0 Å². The molecule has 54 valence electrons. The first-order valence-corrected chi connectivity index (χ1v) is 4.34. The van der Waals surface area contributed by atoms with Gasteiger partial charge in [-0.3, -0.25) is 4.67 Å². The average Bonchev–Trinajstić information content (AvgIpc) is 1.90. The van der Waals surface area contributed by atoms with Crippen molar-refractivity contribution >= 4 is 9.39 Å². The van der Waals surface area contributed by atoms with Crippen LogP contribution in [0.4, 0.5) is 0 Å². The summed E-state index contributed by atoms with van der Waals surface area (Å²) in [7, 11) is 2.78. The van der Waals surface area contributed by atoms with Gasteiger partial charge in [-0.05, 0) is 18.8 Å². The molecule has 0 aromatic heterocycles. The lowest BCUT2D eigenvalue weighted by Gasteiger charge is -2.27. The lowest BCUT2D eigenvalue weighted by atomic mass is 9.96. The topological polar surface area (TPSA) is 3.24 Å². The molecule has 0 N–H and O–H groups in total. The first-order valence-electron chi connectivity index (χ1n) is 3.82. The molecule has 0 radical (unpaired) electrons. The molecule has 1 aliphatic heterocycles. The van der Waals surface area contributed by atoms with Crippen LogP contribution in [0.3, 0.4) is 0 Å². The van der Waals surface area contributed by atoms with E-state index in [0.29, 0.717) is 0 Å². The molecule has 0 spiro atoms. The molecule has 0 saturated carbocycles. The predicted octanol–water partition coefficient (Wildman–Crippen LogP) is 1.90. The predicted molar refractivity (Wildman–Crippen MR) is 44.3 cm³/mol. The van der Waals surface area contributed by atoms with E-state index in [1.165, 1.54) is 32.4 Å². The number of nitrogens with zero attached hydrogens (tertiary/aromatic N) is 1. The van der Waals surface area contributed by atoms with E-state index in [4.69, 9.17) is 0 Å². The summed E-state index contributed by atoms with van der Waals surface area (Å²) in [6.07, 6.45) is 4.18. The largest absolute Gasteiger partial charge is 0.287 e. The summed E-state index contributed by atoms with van der Waals surface area (Å²) >= 11 is 0. The summed E-state index contributed by atoms with van der Waals surface area (Å²) in [4.78, 5) is 0. The van der Waals surface area contributed by atoms with Gasteiger partial charge < -0.3 is 0 Å². The van der Waals surface area contributed by atoms with E-state index in [0.717, 1.165) is 5.92 Å². The Morgan fingerprint density at radius 2 is 2.00 bits per heavy atom. The van der Waals surface area contributed by atoms with Gasteiger partial charge >= 0.3 is 0 Å². The second kappa shape index (κ2) is 3.53. The third-order valence-corrected chi connectivity index (χ3v) is 2.74. The van der Waals surface area contributed by atoms with Crippen molar-refractivity contribution in [1.29, 1.82) is 0 Å². The van der Waals surface area contributed by atoms with Crippen LogP contribution in [-0.4, -0.2) is 17.8 Å². The smallest absolute Gasteiger partial charge is 0.00188 e. The van der Waals surface area contributed by atoms with Gasteiger partial charge in [0, 0.05) is 13.1 Å². The van der Waals surface area contributed by atoms with Gasteiger partial charge in [0.25, 0.3) is 0 Å². The lowest BCUT2D eigenvalue weighted by Crippen LogP contribution is -2.25. The van der Waals surface area contributed by atoms with Crippen molar-refractivity contribution in [2.24, 2.45) is 5.92 Å². The van der Waals surface area contributed by atoms with E-state index in [1.807, 2.05) is 0 Å². The van der Waals surface area contributed by atoms with Gasteiger partial charge in [-0.15, -0.1) is 0 Å². The maximum Gasteiger partial charge on any atom is 0.00188 e. The van der Waals surface area contributed by atoms with Crippen LogP contribution in [0.2, 0.25) is 0 Å². The molecular weight excluding hydrogens is 129 g/mol. The Balaban J connectivity index is 2.18. The van der Waals surface area contributed by atoms with E-state index >= 15 is 0 Å². The molecule has 1 aliphatic rings. The van der Waals surface area contributed by atoms with Crippen LogP contribution < -0.4 is 0 Å². The summed E-state index contributed by atoms with van der Waals surface area (Å²) in [5, 5.41) is 0. The Hall–Kier alpha value is 0.390. The molecular formula is C7H16NP. The fourth-order valence-electron chi connectivity index (χ4n) is 1.36. The summed E-state index contributed by atoms with van der Waals surface area (Å²) in [5.41, 5.74) is 0. The van der Waals surface area contributed by atoms with E-state index < -0.39 is 0 Å². The zero-order valence-corrected chi connectivity index (χ0v) is 7.29. The van der Waals surface area contributed by atoms with Crippen molar-refractivity contribution in [3.8, 4) is 0 Å². The second-order valence-electron chi connectivity index (χ2n) is 2.89. The Bertz CT molecular complexity index is 77.0. The van der Waals surface area contributed by atoms with E-state index in [1.54, 1.807) is 0 Å². The van der Waals surface area contributed by atoms with E-state index in [9.17, 15) is 0 Å². The van der Waals surface area contributed by atoms with Crippen molar-refractivity contribution < 1.29 is 0 Å². The fourth-order valence-corrected chi connectivity index (χ4v) is 1.66. The Labute approximate surface area is 60.1 Å². The van der Waals surface area contributed by atoms with Crippen molar-refractivity contribution in [3.63, 3.8) is 0 Å². The summed E-state index contributed by atoms with van der Waals surface area (Å²) in [5.74, 6) is 1.02. The molecule has 9 heavy (non-hydrogen) atoms. The SMILES string of the molecule is CCC1CCN(P)CC1. The van der Waals surface area contributed by atoms with Crippen molar-refractivity contribution in [2.45, 2.75) is 26.2 Å². The minimum absolute atomic E-state index is 1.02. The molecule has 0 aromatic rings. The molecule has 0 amide bonds. The number of rotatable bonds is 1. The maximum atomic E-state index is 2.78. The Kier molecular flexibility index (Phi) is 2.94. The molecule has 1 heterocycles. The van der Waals surface area contributed by atoms with E-state index in [-0.39, 0.29) is 0 Å². The number of piperidine rings is 1. The number of hydrogen-bond acceptors (Lipinski definition) is 1. The van der Waals surface area contributed by atoms with Crippen molar-refractivity contribution in [2.75, 3.05) is 13.1 Å². The maximum absolute atomic E-state index is 2.78. The van der Waals surface area contributed by atoms with Crippen molar-refractivity contribution in [3.05, 3.63) is 0 Å². The molecule has 1 fully saturated rings. The van der Waals surface area contributed by atoms with Crippen LogP contribution in [-0.2, 0) is 0 Å². The molecule has 1 saturated heterocycles. The lowest BCUT2D eigenvalue weighted by molar-refractivity contribution is 0.285. The minimum Gasteiger partial charge on any atom is -0.287 e. The van der Waals surface area contributed by atoms with Gasteiger partial charge in [-0.25, -0.2) is 0 Å². The molecule has 0 aliphatic carbocycles. The standard InChI is InChI=1S/C7H16NP/c1-2-7-3-5-8(9)6-4-7/h7H,2-6,9H2,1H3. The van der Waals surface area contributed by atoms with Crippen LogP contribution in [0.1, 0.15) is 26.2 Å². The highest BCUT2D eigenvalue weighted by Crippen LogP contribution is 2.21. The first-order chi connectivity index (χ1) is 4.33. The van der Waals surface area contributed by atoms with Gasteiger partial charge in [-0.1, -0.05) is 22.7 Å². The van der Waals surface area contributed by atoms with Gasteiger partial charge in [0.05, 0.1) is 0 Å². The zero-order chi connectivity index (χ0) is 6.69. The van der Waals surface area contributed by atoms with Crippen LogP contribution in [0.15, 0.2) is 0 Å². The highest BCUT2D eigenvalue weighted by atomic mass is 31.0. The fraction of sp³-hybridized carbons (Fsp3) is 1.00. The Morgan fingerprint density at radius 3 is 2.44 bits per heavy atom. The molecule has 2 heteroatoms. The van der Waals surface area contributed by atoms with E-state index in [2.05, 4.69) is 21.0 Å². The highest BCUT2D eigenvalue weighted by Gasteiger charge is 2.13. The second-order valence-corrected chi connectivity index (χ2v) is 3.62. The summed E-state index contributed by atoms with van der Waals surface area (Å²) in [6, 6.07) is 0. The molecule has 1 rings (SSSR count). The van der Waals surface area contributed by atoms with Gasteiger partial charge in [0.15, 0.2) is 0 Å². The number of hydrogen-bond donors (Lipinski definition) is 0. The average molecular weight is 145 g/mol. The van der Waals surface area contributed by atoms with Gasteiger partial charge in [-0.2, -0.15) is 0 Å². The van der Waals surface area contributed by atoms with Crippen LogP contribution >= 0.6 is 9.39 Å². The third-order valence-electron chi connectivity index (χ3n) is 2.23. The van der Waals surface area contributed by atoms with Gasteiger partial charge in [0.2, 0.25) is 0 Å². The molecule has 0 aromatic carbocycles. The summed E-state index contributed by atoms with van der Waals surface area (Å²) in [6.45, 7) is 4.86. The zero-order valence-electron chi connectivity index (χ0n) is 6.14. The monoisotopic (exact) mass is 145 g/mol. The minimum atomic E-state index is 1.02. The highest BCUT2D eigenvalue weighted by molar-refractivity contribution is 7.13. The molecule has 1 atom stereocenters. The van der Waals surface area contributed by atoms with Gasteiger partial charge in [0.1, 0.15) is 0 Å². The molecule has 0 bridgehead atoms. The quantitative estimate of drug-likeness (QED) is 0.509. The van der Waals surface area contributed by atoms with Crippen LogP contribution in [0, 0.1) is 5.92 Å². The first kappa shape index (κ1) is 7.50. The third kappa shape index (κ3) is 2.23.